The predicted octanol–water partition coefficient (Wildman–Crippen LogP) is 1.87. The summed E-state index contributed by atoms with van der Waals surface area (Å²) in [5.41, 5.74) is 0. The van der Waals surface area contributed by atoms with Gasteiger partial charge in [0, 0.05) is 37.6 Å². The van der Waals surface area contributed by atoms with E-state index in [0.717, 1.165) is 45.0 Å². The number of nitrogens with zero attached hydrogens (tertiary/aromatic N) is 3. The molecule has 1 aliphatic heterocycles. The van der Waals surface area contributed by atoms with E-state index in [1.165, 1.54) is 37.5 Å². The summed E-state index contributed by atoms with van der Waals surface area (Å²) in [6.07, 6.45) is 3.47. The lowest BCUT2D eigenvalue weighted by molar-refractivity contribution is 0.275. The van der Waals surface area contributed by atoms with Crippen molar-refractivity contribution in [2.24, 2.45) is 4.99 Å². The van der Waals surface area contributed by atoms with Gasteiger partial charge in [-0.25, -0.2) is 0 Å². The first-order valence-corrected chi connectivity index (χ1v) is 10.1. The number of hydrogen-bond donors (Lipinski definition) is 2. The summed E-state index contributed by atoms with van der Waals surface area (Å²) in [4.78, 5) is 11.1. The lowest BCUT2D eigenvalue weighted by atomic mass is 10.3. The van der Waals surface area contributed by atoms with Crippen molar-refractivity contribution in [2.45, 2.75) is 26.2 Å². The number of likely N-dealkylation sites (N-methyl/N-ethyl adjacent to an activating group) is 1. The summed E-state index contributed by atoms with van der Waals surface area (Å²) in [5.74, 6) is 0.949. The van der Waals surface area contributed by atoms with Gasteiger partial charge in [-0.2, -0.15) is 0 Å². The van der Waals surface area contributed by atoms with Gasteiger partial charge in [0.25, 0.3) is 0 Å². The molecule has 0 amide bonds. The molecule has 0 unspecified atom stereocenters. The van der Waals surface area contributed by atoms with Crippen molar-refractivity contribution in [2.75, 3.05) is 59.4 Å². The minimum absolute atomic E-state index is 0.890. The zero-order valence-corrected chi connectivity index (χ0v) is 16.1. The van der Waals surface area contributed by atoms with Crippen LogP contribution in [0.3, 0.4) is 0 Å². The second kappa shape index (κ2) is 11.4. The summed E-state index contributed by atoms with van der Waals surface area (Å²) in [6.45, 7) is 10.8. The molecule has 0 atom stereocenters. The average molecular weight is 352 g/mol. The molecule has 1 aromatic heterocycles. The van der Waals surface area contributed by atoms with Crippen LogP contribution in [0.15, 0.2) is 22.5 Å². The molecule has 1 fully saturated rings. The number of rotatable bonds is 8. The summed E-state index contributed by atoms with van der Waals surface area (Å²) < 4.78 is 0. The van der Waals surface area contributed by atoms with E-state index in [1.807, 2.05) is 11.3 Å². The van der Waals surface area contributed by atoms with Crippen molar-refractivity contribution in [3.63, 3.8) is 0 Å². The molecular formula is C18H33N5S. The average Bonchev–Trinajstić information content (AvgIpc) is 3.00. The Bertz CT molecular complexity index is 460. The number of guanidine groups is 1. The Labute approximate surface area is 151 Å². The highest BCUT2D eigenvalue weighted by Crippen LogP contribution is 2.08. The van der Waals surface area contributed by atoms with Crippen LogP contribution < -0.4 is 10.6 Å². The molecule has 0 radical (unpaired) electrons. The number of nitrogens with one attached hydrogen (secondary N) is 2. The van der Waals surface area contributed by atoms with Gasteiger partial charge in [-0.05, 0) is 64.3 Å². The van der Waals surface area contributed by atoms with Gasteiger partial charge in [-0.3, -0.25) is 4.99 Å². The monoisotopic (exact) mass is 351 g/mol. The van der Waals surface area contributed by atoms with Gasteiger partial charge in [0.05, 0.1) is 0 Å². The largest absolute Gasteiger partial charge is 0.357 e. The van der Waals surface area contributed by atoms with Crippen LogP contribution in [0.25, 0.3) is 0 Å². The van der Waals surface area contributed by atoms with Crippen LogP contribution >= 0.6 is 11.3 Å². The highest BCUT2D eigenvalue weighted by atomic mass is 32.1. The first-order chi connectivity index (χ1) is 11.8. The molecule has 0 saturated carbocycles. The van der Waals surface area contributed by atoms with Gasteiger partial charge >= 0.3 is 0 Å². The topological polar surface area (TPSA) is 42.9 Å². The first kappa shape index (κ1) is 19.2. The molecule has 2 rings (SSSR count). The molecule has 1 aromatic rings. The van der Waals surface area contributed by atoms with Crippen LogP contribution in [-0.4, -0.2) is 75.2 Å². The molecule has 2 N–H and O–H groups in total. The molecule has 0 bridgehead atoms. The highest BCUT2D eigenvalue weighted by molar-refractivity contribution is 7.09. The van der Waals surface area contributed by atoms with E-state index in [2.05, 4.69) is 51.9 Å². The van der Waals surface area contributed by atoms with E-state index < -0.39 is 0 Å². The molecule has 5 nitrogen and oxygen atoms in total. The van der Waals surface area contributed by atoms with Crippen LogP contribution in [0, 0.1) is 0 Å². The Morgan fingerprint density at radius 3 is 2.96 bits per heavy atom. The zero-order valence-electron chi connectivity index (χ0n) is 15.3. The Morgan fingerprint density at radius 1 is 1.25 bits per heavy atom. The number of hydrogen-bond acceptors (Lipinski definition) is 4. The second-order valence-electron chi connectivity index (χ2n) is 6.37. The lowest BCUT2D eigenvalue weighted by Gasteiger charge is -2.19. The minimum atomic E-state index is 0.890. The Hall–Kier alpha value is -1.11. The summed E-state index contributed by atoms with van der Waals surface area (Å²) in [7, 11) is 2.22. The Kier molecular flexibility index (Phi) is 9.16. The van der Waals surface area contributed by atoms with Gasteiger partial charge in [0.15, 0.2) is 5.96 Å². The van der Waals surface area contributed by atoms with Crippen molar-refractivity contribution >= 4 is 17.3 Å². The molecular weight excluding hydrogens is 318 g/mol. The normalized spacial score (nSPS) is 17.7. The molecule has 24 heavy (non-hydrogen) atoms. The van der Waals surface area contributed by atoms with E-state index in [9.17, 15) is 0 Å². The first-order valence-electron chi connectivity index (χ1n) is 9.23. The van der Waals surface area contributed by atoms with E-state index in [4.69, 9.17) is 4.99 Å². The fourth-order valence-corrected chi connectivity index (χ4v) is 3.62. The minimum Gasteiger partial charge on any atom is -0.357 e. The third-order valence-corrected chi connectivity index (χ3v) is 5.24. The molecule has 1 aliphatic rings. The van der Waals surface area contributed by atoms with Crippen LogP contribution in [0.2, 0.25) is 0 Å². The Morgan fingerprint density at radius 2 is 2.17 bits per heavy atom. The molecule has 2 heterocycles. The number of aliphatic imine (C=N–C) groups is 1. The third kappa shape index (κ3) is 7.64. The zero-order chi connectivity index (χ0) is 17.0. The smallest absolute Gasteiger partial charge is 0.191 e. The van der Waals surface area contributed by atoms with Gasteiger partial charge in [0.2, 0.25) is 0 Å². The maximum absolute atomic E-state index is 4.72. The molecule has 0 aliphatic carbocycles. The van der Waals surface area contributed by atoms with E-state index >= 15 is 0 Å². The van der Waals surface area contributed by atoms with Crippen molar-refractivity contribution in [3.8, 4) is 0 Å². The SMILES string of the molecule is CCNC(=NCCCN1CCCN(C)CC1)NCCc1cccs1. The summed E-state index contributed by atoms with van der Waals surface area (Å²) in [5, 5.41) is 8.91. The second-order valence-corrected chi connectivity index (χ2v) is 7.40. The summed E-state index contributed by atoms with van der Waals surface area (Å²) >= 11 is 1.82. The van der Waals surface area contributed by atoms with Crippen molar-refractivity contribution in [1.29, 1.82) is 0 Å². The maximum Gasteiger partial charge on any atom is 0.191 e. The maximum atomic E-state index is 4.72. The van der Waals surface area contributed by atoms with Crippen molar-refractivity contribution < 1.29 is 0 Å². The molecule has 6 heteroatoms. The van der Waals surface area contributed by atoms with Crippen LogP contribution in [0.5, 0.6) is 0 Å². The third-order valence-electron chi connectivity index (χ3n) is 4.30. The van der Waals surface area contributed by atoms with Gasteiger partial charge in [-0.15, -0.1) is 11.3 Å². The van der Waals surface area contributed by atoms with Crippen LogP contribution in [0.1, 0.15) is 24.6 Å². The van der Waals surface area contributed by atoms with Crippen LogP contribution in [-0.2, 0) is 6.42 Å². The van der Waals surface area contributed by atoms with E-state index in [0.29, 0.717) is 0 Å². The van der Waals surface area contributed by atoms with Crippen molar-refractivity contribution in [3.05, 3.63) is 22.4 Å². The molecule has 1 saturated heterocycles. The predicted molar refractivity (Wildman–Crippen MR) is 105 cm³/mol. The van der Waals surface area contributed by atoms with Gasteiger partial charge in [0.1, 0.15) is 0 Å². The Balaban J connectivity index is 1.64. The molecule has 0 spiro atoms. The van der Waals surface area contributed by atoms with Crippen molar-refractivity contribution in [1.82, 2.24) is 20.4 Å². The summed E-state index contributed by atoms with van der Waals surface area (Å²) in [6, 6.07) is 4.30. The van der Waals surface area contributed by atoms with E-state index in [-0.39, 0.29) is 0 Å². The quantitative estimate of drug-likeness (QED) is 0.426. The van der Waals surface area contributed by atoms with E-state index in [1.54, 1.807) is 0 Å². The number of thiophene rings is 1. The lowest BCUT2D eigenvalue weighted by Crippen LogP contribution is -2.38. The van der Waals surface area contributed by atoms with Gasteiger partial charge < -0.3 is 20.4 Å². The molecule has 0 aromatic carbocycles. The highest BCUT2D eigenvalue weighted by Gasteiger charge is 2.11. The fraction of sp³-hybridized carbons (Fsp3) is 0.722. The molecule has 136 valence electrons. The van der Waals surface area contributed by atoms with Crippen LogP contribution in [0.4, 0.5) is 0 Å². The van der Waals surface area contributed by atoms with Gasteiger partial charge in [-0.1, -0.05) is 6.07 Å². The standard InChI is InChI=1S/C18H33N5S/c1-3-19-18(21-10-8-17-7-4-16-24-17)20-9-5-12-23-13-6-11-22(2)14-15-23/h4,7,16H,3,5-6,8-15H2,1-2H3,(H2,19,20,21). The fourth-order valence-electron chi connectivity index (χ4n) is 2.91.